The van der Waals surface area contributed by atoms with Crippen LogP contribution in [0.3, 0.4) is 0 Å². The van der Waals surface area contributed by atoms with Crippen LogP contribution in [0.4, 0.5) is 5.69 Å². The highest BCUT2D eigenvalue weighted by Crippen LogP contribution is 2.20. The number of piperidine rings is 1. The van der Waals surface area contributed by atoms with Crippen LogP contribution in [0.25, 0.3) is 0 Å². The smallest absolute Gasteiger partial charge is 0.193 e. The SMILES string of the molecule is CN=C(NCc1ccc(N2CC=CC2)cc1)N1CCC(CN2CCCCC2)C1.I. The van der Waals surface area contributed by atoms with Gasteiger partial charge >= 0.3 is 0 Å². The minimum Gasteiger partial charge on any atom is -0.364 e. The molecule has 1 atom stereocenters. The number of benzene rings is 1. The van der Waals surface area contributed by atoms with Crippen molar-refractivity contribution >= 4 is 35.6 Å². The van der Waals surface area contributed by atoms with Crippen molar-refractivity contribution < 1.29 is 0 Å². The van der Waals surface area contributed by atoms with Gasteiger partial charge in [-0.05, 0) is 56.0 Å². The van der Waals surface area contributed by atoms with Crippen molar-refractivity contribution in [1.82, 2.24) is 15.1 Å². The summed E-state index contributed by atoms with van der Waals surface area (Å²) in [5.74, 6) is 1.83. The summed E-state index contributed by atoms with van der Waals surface area (Å²) >= 11 is 0. The van der Waals surface area contributed by atoms with E-state index in [2.05, 4.69) is 61.4 Å². The van der Waals surface area contributed by atoms with E-state index in [4.69, 9.17) is 0 Å². The average Bonchev–Trinajstić information content (AvgIpc) is 3.43. The molecule has 2 fully saturated rings. The molecule has 3 aliphatic rings. The zero-order chi connectivity index (χ0) is 19.2. The fourth-order valence-corrected chi connectivity index (χ4v) is 4.71. The summed E-state index contributed by atoms with van der Waals surface area (Å²) in [6.07, 6.45) is 9.93. The lowest BCUT2D eigenvalue weighted by Gasteiger charge is -2.29. The van der Waals surface area contributed by atoms with Crippen LogP contribution in [0.5, 0.6) is 0 Å². The van der Waals surface area contributed by atoms with Crippen LogP contribution in [0.1, 0.15) is 31.2 Å². The third-order valence-electron chi connectivity index (χ3n) is 6.33. The lowest BCUT2D eigenvalue weighted by Crippen LogP contribution is -2.41. The number of nitrogens with one attached hydrogen (secondary N) is 1. The fraction of sp³-hybridized carbons (Fsp3) is 0.609. The Morgan fingerprint density at radius 2 is 1.76 bits per heavy atom. The van der Waals surface area contributed by atoms with Crippen molar-refractivity contribution in [2.24, 2.45) is 10.9 Å². The zero-order valence-corrected chi connectivity index (χ0v) is 20.1. The number of rotatable bonds is 5. The number of anilines is 1. The molecule has 160 valence electrons. The molecule has 3 aliphatic heterocycles. The van der Waals surface area contributed by atoms with E-state index >= 15 is 0 Å². The minimum absolute atomic E-state index is 0. The molecule has 0 radical (unpaired) electrons. The van der Waals surface area contributed by atoms with Gasteiger partial charge in [-0.15, -0.1) is 24.0 Å². The number of likely N-dealkylation sites (tertiary alicyclic amines) is 2. The third kappa shape index (κ3) is 6.10. The highest BCUT2D eigenvalue weighted by Gasteiger charge is 2.26. The van der Waals surface area contributed by atoms with Gasteiger partial charge in [0.15, 0.2) is 5.96 Å². The Hall–Kier alpha value is -1.28. The van der Waals surface area contributed by atoms with Gasteiger partial charge in [0.05, 0.1) is 0 Å². The standard InChI is InChI=1S/C23H35N5.HI/c1-24-23(28-16-11-21(19-28)18-26-12-3-2-4-13-26)25-17-20-7-9-22(10-8-20)27-14-5-6-15-27;/h5-10,21H,2-4,11-19H2,1H3,(H,24,25);1H. The van der Waals surface area contributed by atoms with E-state index < -0.39 is 0 Å². The molecular weight excluding hydrogens is 473 g/mol. The molecule has 0 aromatic heterocycles. The molecule has 3 heterocycles. The topological polar surface area (TPSA) is 34.1 Å². The van der Waals surface area contributed by atoms with Crippen molar-refractivity contribution in [1.29, 1.82) is 0 Å². The highest BCUT2D eigenvalue weighted by atomic mass is 127. The van der Waals surface area contributed by atoms with Gasteiger partial charge < -0.3 is 20.0 Å². The minimum atomic E-state index is 0. The Kier molecular flexibility index (Phi) is 8.66. The van der Waals surface area contributed by atoms with Gasteiger partial charge in [0.1, 0.15) is 0 Å². The molecule has 0 amide bonds. The summed E-state index contributed by atoms with van der Waals surface area (Å²) in [4.78, 5) is 12.0. The number of hydrogen-bond donors (Lipinski definition) is 1. The van der Waals surface area contributed by atoms with Crippen LogP contribution >= 0.6 is 24.0 Å². The van der Waals surface area contributed by atoms with Gasteiger partial charge in [0.25, 0.3) is 0 Å². The van der Waals surface area contributed by atoms with Crippen molar-refractivity contribution in [3.63, 3.8) is 0 Å². The zero-order valence-electron chi connectivity index (χ0n) is 17.7. The molecule has 2 saturated heterocycles. The maximum atomic E-state index is 4.55. The largest absolute Gasteiger partial charge is 0.364 e. The number of guanidine groups is 1. The normalized spacial score (nSPS) is 22.8. The Labute approximate surface area is 193 Å². The molecule has 0 spiro atoms. The van der Waals surface area contributed by atoms with E-state index in [0.717, 1.165) is 44.6 Å². The Morgan fingerprint density at radius 1 is 1.03 bits per heavy atom. The first-order valence-electron chi connectivity index (χ1n) is 11.0. The van der Waals surface area contributed by atoms with E-state index in [1.807, 2.05) is 7.05 Å². The molecule has 5 nitrogen and oxygen atoms in total. The van der Waals surface area contributed by atoms with E-state index in [9.17, 15) is 0 Å². The molecule has 1 aromatic carbocycles. The van der Waals surface area contributed by atoms with Crippen molar-refractivity contribution in [2.45, 2.75) is 32.2 Å². The van der Waals surface area contributed by atoms with Gasteiger partial charge in [-0.3, -0.25) is 4.99 Å². The van der Waals surface area contributed by atoms with Crippen molar-refractivity contribution in [3.05, 3.63) is 42.0 Å². The second-order valence-corrected chi connectivity index (χ2v) is 8.41. The van der Waals surface area contributed by atoms with E-state index in [1.54, 1.807) is 0 Å². The Morgan fingerprint density at radius 3 is 2.45 bits per heavy atom. The number of aliphatic imine (C=N–C) groups is 1. The number of nitrogens with zero attached hydrogens (tertiary/aromatic N) is 4. The monoisotopic (exact) mass is 509 g/mol. The molecule has 4 rings (SSSR count). The molecule has 1 N–H and O–H groups in total. The maximum Gasteiger partial charge on any atom is 0.193 e. The van der Waals surface area contributed by atoms with E-state index in [0.29, 0.717) is 0 Å². The van der Waals surface area contributed by atoms with Crippen LogP contribution in [0.2, 0.25) is 0 Å². The average molecular weight is 509 g/mol. The summed E-state index contributed by atoms with van der Waals surface area (Å²) in [7, 11) is 1.91. The summed E-state index contributed by atoms with van der Waals surface area (Å²) in [5.41, 5.74) is 2.61. The second-order valence-electron chi connectivity index (χ2n) is 8.41. The summed E-state index contributed by atoms with van der Waals surface area (Å²) in [6.45, 7) is 9.00. The van der Waals surface area contributed by atoms with Gasteiger partial charge in [0, 0.05) is 52.0 Å². The quantitative estimate of drug-likeness (QED) is 0.285. The van der Waals surface area contributed by atoms with Crippen LogP contribution < -0.4 is 10.2 Å². The molecule has 0 aliphatic carbocycles. The predicted molar refractivity (Wildman–Crippen MR) is 133 cm³/mol. The fourth-order valence-electron chi connectivity index (χ4n) is 4.71. The van der Waals surface area contributed by atoms with Crippen molar-refractivity contribution in [2.75, 3.05) is 57.8 Å². The summed E-state index contributed by atoms with van der Waals surface area (Å²) < 4.78 is 0. The van der Waals surface area contributed by atoms with Gasteiger partial charge in [-0.1, -0.05) is 30.7 Å². The molecule has 0 saturated carbocycles. The van der Waals surface area contributed by atoms with Crippen LogP contribution in [0.15, 0.2) is 41.4 Å². The molecule has 1 aromatic rings. The first-order chi connectivity index (χ1) is 13.8. The van der Waals surface area contributed by atoms with Crippen molar-refractivity contribution in [3.8, 4) is 0 Å². The van der Waals surface area contributed by atoms with Crippen LogP contribution in [0, 0.1) is 5.92 Å². The lowest BCUT2D eigenvalue weighted by atomic mass is 10.1. The van der Waals surface area contributed by atoms with Crippen LogP contribution in [-0.2, 0) is 6.54 Å². The summed E-state index contributed by atoms with van der Waals surface area (Å²) in [6, 6.07) is 8.93. The molecular formula is C23H36IN5. The Bertz CT molecular complexity index is 673. The third-order valence-corrected chi connectivity index (χ3v) is 6.33. The molecule has 1 unspecified atom stereocenters. The lowest BCUT2D eigenvalue weighted by molar-refractivity contribution is 0.198. The van der Waals surface area contributed by atoms with Gasteiger partial charge in [-0.2, -0.15) is 0 Å². The predicted octanol–water partition coefficient (Wildman–Crippen LogP) is 3.56. The van der Waals surface area contributed by atoms with Gasteiger partial charge in [-0.25, -0.2) is 0 Å². The number of hydrogen-bond acceptors (Lipinski definition) is 3. The molecule has 29 heavy (non-hydrogen) atoms. The first-order valence-corrected chi connectivity index (χ1v) is 11.0. The van der Waals surface area contributed by atoms with Crippen LogP contribution in [-0.4, -0.2) is 68.6 Å². The second kappa shape index (κ2) is 11.2. The van der Waals surface area contributed by atoms with Gasteiger partial charge in [0.2, 0.25) is 0 Å². The highest BCUT2D eigenvalue weighted by molar-refractivity contribution is 14.0. The molecule has 0 bridgehead atoms. The van der Waals surface area contributed by atoms with E-state index in [1.165, 1.54) is 56.6 Å². The molecule has 6 heteroatoms. The summed E-state index contributed by atoms with van der Waals surface area (Å²) in [5, 5.41) is 3.58. The van der Waals surface area contributed by atoms with E-state index in [-0.39, 0.29) is 24.0 Å². The first kappa shape index (κ1) is 22.4. The Balaban J connectivity index is 0.00000240. The maximum absolute atomic E-state index is 4.55. The number of halogens is 1.